The third kappa shape index (κ3) is 5.91. The van der Waals surface area contributed by atoms with Gasteiger partial charge in [-0.3, -0.25) is 4.90 Å². The number of hydrogen-bond acceptors (Lipinski definition) is 5. The number of benzene rings is 3. The van der Waals surface area contributed by atoms with Gasteiger partial charge in [0.05, 0.1) is 16.9 Å². The maximum Gasteiger partial charge on any atom is 0.227 e. The highest BCUT2D eigenvalue weighted by atomic mass is 16.5. The van der Waals surface area contributed by atoms with E-state index in [0.717, 1.165) is 41.3 Å². The van der Waals surface area contributed by atoms with Crippen molar-refractivity contribution in [1.29, 1.82) is 0 Å². The number of aromatic nitrogens is 2. The Morgan fingerprint density at radius 3 is 2.14 bits per heavy atom. The van der Waals surface area contributed by atoms with Gasteiger partial charge in [0.15, 0.2) is 0 Å². The van der Waals surface area contributed by atoms with Crippen LogP contribution >= 0.6 is 0 Å². The first-order valence-electron chi connectivity index (χ1n) is 12.1. The Bertz CT molecular complexity index is 1210. The Hall–Kier alpha value is -3.61. The summed E-state index contributed by atoms with van der Waals surface area (Å²) in [6.07, 6.45) is 1.67. The Morgan fingerprint density at radius 1 is 0.914 bits per heavy atom. The van der Waals surface area contributed by atoms with Crippen LogP contribution in [0, 0.1) is 6.92 Å². The monoisotopic (exact) mass is 469 g/mol. The fourth-order valence-corrected chi connectivity index (χ4v) is 4.19. The van der Waals surface area contributed by atoms with E-state index in [-0.39, 0.29) is 6.61 Å². The van der Waals surface area contributed by atoms with Crippen molar-refractivity contribution in [3.63, 3.8) is 0 Å². The van der Waals surface area contributed by atoms with E-state index in [0.29, 0.717) is 25.0 Å². The highest BCUT2D eigenvalue weighted by Gasteiger charge is 2.32. The molecule has 6 heteroatoms. The number of ether oxygens (including phenoxy) is 2. The molecule has 0 bridgehead atoms. The minimum absolute atomic E-state index is 0.253. The van der Waals surface area contributed by atoms with Gasteiger partial charge in [-0.05, 0) is 56.2 Å². The Kier molecular flexibility index (Phi) is 7.12. The average Bonchev–Trinajstić information content (AvgIpc) is 3.70. The topological polar surface area (TPSA) is 59.8 Å². The third-order valence-electron chi connectivity index (χ3n) is 6.15. The van der Waals surface area contributed by atoms with Crippen LogP contribution in [0.25, 0.3) is 5.69 Å². The normalized spacial score (nSPS) is 14.1. The molecule has 1 atom stereocenters. The first-order chi connectivity index (χ1) is 17.2. The summed E-state index contributed by atoms with van der Waals surface area (Å²) in [5.41, 5.74) is 2.89. The second kappa shape index (κ2) is 10.8. The molecule has 180 valence electrons. The molecule has 1 aromatic heterocycles. The summed E-state index contributed by atoms with van der Waals surface area (Å²) < 4.78 is 14.1. The quantitative estimate of drug-likeness (QED) is 0.320. The Balaban J connectivity index is 1.37. The molecule has 1 N–H and O–H groups in total. The van der Waals surface area contributed by atoms with Crippen molar-refractivity contribution in [2.24, 2.45) is 0 Å². The molecule has 35 heavy (non-hydrogen) atoms. The first-order valence-corrected chi connectivity index (χ1v) is 12.1. The van der Waals surface area contributed by atoms with Gasteiger partial charge in [0.25, 0.3) is 0 Å². The van der Waals surface area contributed by atoms with Gasteiger partial charge < -0.3 is 14.6 Å². The smallest absolute Gasteiger partial charge is 0.227 e. The summed E-state index contributed by atoms with van der Waals surface area (Å²) in [6, 6.07) is 29.9. The number of para-hydroxylation sites is 3. The van der Waals surface area contributed by atoms with E-state index >= 15 is 0 Å². The van der Waals surface area contributed by atoms with E-state index in [9.17, 15) is 5.11 Å². The van der Waals surface area contributed by atoms with Crippen molar-refractivity contribution in [1.82, 2.24) is 14.7 Å². The SMILES string of the molecule is Cc1nn(-c2ccccc2)c(Oc2ccccc2)c1CN(CC(O)COc1ccccc1)C1CC1. The van der Waals surface area contributed by atoms with Crippen LogP contribution in [0.15, 0.2) is 91.0 Å². The summed E-state index contributed by atoms with van der Waals surface area (Å²) in [5.74, 6) is 2.24. The maximum atomic E-state index is 10.8. The largest absolute Gasteiger partial charge is 0.491 e. The second-order valence-electron chi connectivity index (χ2n) is 8.97. The lowest BCUT2D eigenvalue weighted by Gasteiger charge is -2.25. The van der Waals surface area contributed by atoms with Crippen molar-refractivity contribution in [3.8, 4) is 23.1 Å². The molecule has 0 saturated heterocycles. The molecular weight excluding hydrogens is 438 g/mol. The van der Waals surface area contributed by atoms with Gasteiger partial charge >= 0.3 is 0 Å². The van der Waals surface area contributed by atoms with Crippen molar-refractivity contribution in [2.45, 2.75) is 38.5 Å². The molecule has 5 rings (SSSR count). The zero-order valence-corrected chi connectivity index (χ0v) is 20.0. The lowest BCUT2D eigenvalue weighted by Crippen LogP contribution is -2.36. The standard InChI is InChI=1S/C29H31N3O3/c1-22-28(20-31(23-17-18-23)19-25(33)21-34-26-13-7-3-8-14-26)29(35-27-15-9-4-10-16-27)32(30-22)24-11-5-2-6-12-24/h2-16,23,25,33H,17-21H2,1H3. The number of aliphatic hydroxyl groups is 1. The van der Waals surface area contributed by atoms with E-state index < -0.39 is 6.10 Å². The van der Waals surface area contributed by atoms with Crippen LogP contribution in [-0.2, 0) is 6.54 Å². The van der Waals surface area contributed by atoms with Crippen molar-refractivity contribution in [3.05, 3.63) is 102 Å². The number of aryl methyl sites for hydroxylation is 1. The molecule has 1 unspecified atom stereocenters. The molecule has 3 aromatic carbocycles. The van der Waals surface area contributed by atoms with Crippen LogP contribution in [0.5, 0.6) is 17.4 Å². The van der Waals surface area contributed by atoms with Crippen molar-refractivity contribution >= 4 is 0 Å². The predicted octanol–water partition coefficient (Wildman–Crippen LogP) is 5.38. The fourth-order valence-electron chi connectivity index (χ4n) is 4.19. The van der Waals surface area contributed by atoms with Crippen molar-refractivity contribution < 1.29 is 14.6 Å². The van der Waals surface area contributed by atoms with Crippen LogP contribution in [0.3, 0.4) is 0 Å². The van der Waals surface area contributed by atoms with E-state index in [1.54, 1.807) is 0 Å². The summed E-state index contributed by atoms with van der Waals surface area (Å²) in [6.45, 7) is 3.45. The zero-order valence-electron chi connectivity index (χ0n) is 20.0. The highest BCUT2D eigenvalue weighted by Crippen LogP contribution is 2.35. The van der Waals surface area contributed by atoms with Crippen LogP contribution in [0.2, 0.25) is 0 Å². The predicted molar refractivity (Wildman–Crippen MR) is 136 cm³/mol. The molecule has 0 radical (unpaired) electrons. The number of rotatable bonds is 11. The molecule has 1 fully saturated rings. The zero-order chi connectivity index (χ0) is 24.0. The van der Waals surface area contributed by atoms with Gasteiger partial charge in [-0.1, -0.05) is 54.6 Å². The molecule has 0 spiro atoms. The van der Waals surface area contributed by atoms with E-state index in [1.165, 1.54) is 0 Å². The molecule has 0 amide bonds. The van der Waals surface area contributed by atoms with Crippen LogP contribution in [-0.4, -0.2) is 45.1 Å². The molecule has 0 aliphatic heterocycles. The minimum Gasteiger partial charge on any atom is -0.491 e. The van der Waals surface area contributed by atoms with Gasteiger partial charge in [-0.25, -0.2) is 4.68 Å². The van der Waals surface area contributed by atoms with Crippen molar-refractivity contribution in [2.75, 3.05) is 13.2 Å². The van der Waals surface area contributed by atoms with E-state index in [1.807, 2.05) is 103 Å². The molecule has 1 saturated carbocycles. The molecule has 1 aliphatic carbocycles. The van der Waals surface area contributed by atoms with E-state index in [2.05, 4.69) is 4.90 Å². The Labute approximate surface area is 206 Å². The van der Waals surface area contributed by atoms with Crippen LogP contribution in [0.1, 0.15) is 24.1 Å². The number of hydrogen-bond donors (Lipinski definition) is 1. The van der Waals surface area contributed by atoms with Gasteiger partial charge in [0.1, 0.15) is 24.2 Å². The highest BCUT2D eigenvalue weighted by molar-refractivity contribution is 5.43. The van der Waals surface area contributed by atoms with Gasteiger partial charge in [-0.15, -0.1) is 0 Å². The molecule has 4 aromatic rings. The minimum atomic E-state index is -0.598. The number of aliphatic hydroxyl groups excluding tert-OH is 1. The molecular formula is C29H31N3O3. The maximum absolute atomic E-state index is 10.8. The number of nitrogens with zero attached hydrogens (tertiary/aromatic N) is 3. The van der Waals surface area contributed by atoms with Gasteiger partial charge in [0.2, 0.25) is 5.88 Å². The summed E-state index contributed by atoms with van der Waals surface area (Å²) >= 11 is 0. The first kappa shape index (κ1) is 23.1. The summed E-state index contributed by atoms with van der Waals surface area (Å²) in [5, 5.41) is 15.6. The van der Waals surface area contributed by atoms with Gasteiger partial charge in [0, 0.05) is 19.1 Å². The molecule has 1 aliphatic rings. The van der Waals surface area contributed by atoms with E-state index in [4.69, 9.17) is 14.6 Å². The second-order valence-corrected chi connectivity index (χ2v) is 8.97. The lowest BCUT2D eigenvalue weighted by molar-refractivity contribution is 0.0623. The van der Waals surface area contributed by atoms with Crippen LogP contribution in [0.4, 0.5) is 0 Å². The van der Waals surface area contributed by atoms with Gasteiger partial charge in [-0.2, -0.15) is 5.10 Å². The lowest BCUT2D eigenvalue weighted by atomic mass is 10.2. The fraction of sp³-hybridized carbons (Fsp3) is 0.276. The van der Waals surface area contributed by atoms with Crippen LogP contribution < -0.4 is 9.47 Å². The summed E-state index contributed by atoms with van der Waals surface area (Å²) in [7, 11) is 0. The molecule has 6 nitrogen and oxygen atoms in total. The Morgan fingerprint density at radius 2 is 1.51 bits per heavy atom. The summed E-state index contributed by atoms with van der Waals surface area (Å²) in [4.78, 5) is 2.33. The third-order valence-corrected chi connectivity index (χ3v) is 6.15. The molecule has 1 heterocycles. The average molecular weight is 470 g/mol.